The minimum atomic E-state index is 0.0498. The Labute approximate surface area is 122 Å². The van der Waals surface area contributed by atoms with Crippen LogP contribution in [0.5, 0.6) is 0 Å². The zero-order valence-corrected chi connectivity index (χ0v) is 12.5. The summed E-state index contributed by atoms with van der Waals surface area (Å²) in [5.41, 5.74) is 2.07. The molecule has 0 saturated carbocycles. The van der Waals surface area contributed by atoms with Crippen molar-refractivity contribution in [2.45, 2.75) is 45.6 Å². The van der Waals surface area contributed by atoms with Gasteiger partial charge in [0.2, 0.25) is 0 Å². The van der Waals surface area contributed by atoms with E-state index < -0.39 is 0 Å². The molecule has 3 heteroatoms. The minimum absolute atomic E-state index is 0.0498. The zero-order chi connectivity index (χ0) is 14.2. The van der Waals surface area contributed by atoms with Gasteiger partial charge in [-0.05, 0) is 50.0 Å². The van der Waals surface area contributed by atoms with E-state index in [2.05, 4.69) is 29.3 Å². The van der Waals surface area contributed by atoms with Gasteiger partial charge in [-0.1, -0.05) is 31.9 Å². The van der Waals surface area contributed by atoms with Crippen molar-refractivity contribution in [2.75, 3.05) is 19.6 Å². The molecule has 0 atom stereocenters. The molecular formula is C17H26N2O. The van der Waals surface area contributed by atoms with Crippen molar-refractivity contribution in [1.82, 2.24) is 10.2 Å². The van der Waals surface area contributed by atoms with Crippen LogP contribution in [0.3, 0.4) is 0 Å². The van der Waals surface area contributed by atoms with E-state index in [-0.39, 0.29) is 5.91 Å². The quantitative estimate of drug-likeness (QED) is 0.774. The highest BCUT2D eigenvalue weighted by atomic mass is 16.1. The topological polar surface area (TPSA) is 32.3 Å². The van der Waals surface area contributed by atoms with Crippen molar-refractivity contribution in [1.29, 1.82) is 0 Å². The van der Waals surface area contributed by atoms with E-state index in [1.54, 1.807) is 0 Å². The first-order chi connectivity index (χ1) is 9.79. The number of hydrogen-bond acceptors (Lipinski definition) is 2. The van der Waals surface area contributed by atoms with Crippen LogP contribution in [0.2, 0.25) is 0 Å². The van der Waals surface area contributed by atoms with E-state index in [9.17, 15) is 4.79 Å². The lowest BCUT2D eigenvalue weighted by Crippen LogP contribution is -2.24. The smallest absolute Gasteiger partial charge is 0.251 e. The lowest BCUT2D eigenvalue weighted by Gasteiger charge is -2.14. The minimum Gasteiger partial charge on any atom is -0.352 e. The fourth-order valence-electron chi connectivity index (χ4n) is 2.64. The molecule has 110 valence electrons. The van der Waals surface area contributed by atoms with E-state index in [1.807, 2.05) is 12.1 Å². The maximum absolute atomic E-state index is 11.9. The number of hydrogen-bond donors (Lipinski definition) is 1. The van der Waals surface area contributed by atoms with E-state index in [0.29, 0.717) is 0 Å². The average molecular weight is 274 g/mol. The molecule has 0 aliphatic carbocycles. The van der Waals surface area contributed by atoms with Gasteiger partial charge < -0.3 is 5.32 Å². The van der Waals surface area contributed by atoms with Crippen molar-refractivity contribution in [3.05, 3.63) is 35.4 Å². The molecule has 2 rings (SSSR count). The Kier molecular flexibility index (Phi) is 6.06. The summed E-state index contributed by atoms with van der Waals surface area (Å²) in [4.78, 5) is 14.4. The van der Waals surface area contributed by atoms with Gasteiger partial charge in [-0.2, -0.15) is 0 Å². The lowest BCUT2D eigenvalue weighted by atomic mass is 10.1. The molecule has 1 aromatic carbocycles. The van der Waals surface area contributed by atoms with E-state index in [1.165, 1.54) is 44.3 Å². The number of rotatable bonds is 7. The van der Waals surface area contributed by atoms with Crippen molar-refractivity contribution >= 4 is 5.91 Å². The van der Waals surface area contributed by atoms with Gasteiger partial charge in [0.1, 0.15) is 0 Å². The van der Waals surface area contributed by atoms with Gasteiger partial charge >= 0.3 is 0 Å². The maximum Gasteiger partial charge on any atom is 0.251 e. The molecule has 0 unspecified atom stereocenters. The Bertz CT molecular complexity index is 408. The number of carbonyl (C=O) groups excluding carboxylic acids is 1. The second kappa shape index (κ2) is 8.05. The molecule has 0 bridgehead atoms. The van der Waals surface area contributed by atoms with Crippen molar-refractivity contribution in [3.8, 4) is 0 Å². The second-order valence-electron chi connectivity index (χ2n) is 5.64. The van der Waals surface area contributed by atoms with Gasteiger partial charge in [-0.25, -0.2) is 0 Å². The van der Waals surface area contributed by atoms with Crippen LogP contribution in [0.15, 0.2) is 24.3 Å². The summed E-state index contributed by atoms with van der Waals surface area (Å²) in [5.74, 6) is 0.0498. The van der Waals surface area contributed by atoms with Crippen molar-refractivity contribution in [3.63, 3.8) is 0 Å². The van der Waals surface area contributed by atoms with Crippen LogP contribution in [0.4, 0.5) is 0 Å². The van der Waals surface area contributed by atoms with Crippen LogP contribution < -0.4 is 5.32 Å². The number of nitrogens with zero attached hydrogens (tertiary/aromatic N) is 1. The molecule has 20 heavy (non-hydrogen) atoms. The van der Waals surface area contributed by atoms with Crippen LogP contribution >= 0.6 is 0 Å². The molecule has 1 N–H and O–H groups in total. The molecule has 1 aliphatic rings. The summed E-state index contributed by atoms with van der Waals surface area (Å²) >= 11 is 0. The highest BCUT2D eigenvalue weighted by molar-refractivity contribution is 5.94. The molecule has 3 nitrogen and oxygen atoms in total. The Balaban J connectivity index is 1.79. The fraction of sp³-hybridized carbons (Fsp3) is 0.588. The summed E-state index contributed by atoms with van der Waals surface area (Å²) in [6.45, 7) is 6.38. The third kappa shape index (κ3) is 4.64. The highest BCUT2D eigenvalue weighted by Gasteiger charge is 2.12. The molecular weight excluding hydrogens is 248 g/mol. The van der Waals surface area contributed by atoms with E-state index in [4.69, 9.17) is 0 Å². The van der Waals surface area contributed by atoms with Crippen molar-refractivity contribution in [2.24, 2.45) is 0 Å². The fourth-order valence-corrected chi connectivity index (χ4v) is 2.64. The van der Waals surface area contributed by atoms with Gasteiger partial charge in [0.15, 0.2) is 0 Å². The largest absolute Gasteiger partial charge is 0.352 e. The third-order valence-electron chi connectivity index (χ3n) is 3.89. The summed E-state index contributed by atoms with van der Waals surface area (Å²) in [6, 6.07) is 8.06. The molecule has 1 heterocycles. The molecule has 0 spiro atoms. The number of benzene rings is 1. The second-order valence-corrected chi connectivity index (χ2v) is 5.64. The number of carbonyl (C=O) groups is 1. The first-order valence-electron chi connectivity index (χ1n) is 7.89. The van der Waals surface area contributed by atoms with Crippen LogP contribution in [-0.2, 0) is 6.54 Å². The van der Waals surface area contributed by atoms with Crippen LogP contribution in [0.1, 0.15) is 54.9 Å². The normalized spacial score (nSPS) is 15.4. The first-order valence-corrected chi connectivity index (χ1v) is 7.89. The van der Waals surface area contributed by atoms with Gasteiger partial charge in [-0.3, -0.25) is 9.69 Å². The molecule has 1 aromatic rings. The molecule has 1 amide bonds. The third-order valence-corrected chi connectivity index (χ3v) is 3.89. The summed E-state index contributed by atoms with van der Waals surface area (Å²) < 4.78 is 0. The van der Waals surface area contributed by atoms with Crippen LogP contribution in [-0.4, -0.2) is 30.4 Å². The van der Waals surface area contributed by atoms with Gasteiger partial charge in [-0.15, -0.1) is 0 Å². The summed E-state index contributed by atoms with van der Waals surface area (Å²) in [6.07, 6.45) is 6.06. The predicted molar refractivity (Wildman–Crippen MR) is 82.8 cm³/mol. The standard InChI is InChI=1S/C17H26N2O/c1-2-3-4-11-18-17(20)16-9-7-15(8-10-16)14-19-12-5-6-13-19/h7-10H,2-6,11-14H2,1H3,(H,18,20). The SMILES string of the molecule is CCCCCNC(=O)c1ccc(CN2CCCC2)cc1. The molecule has 0 radical (unpaired) electrons. The maximum atomic E-state index is 11.9. The van der Waals surface area contributed by atoms with E-state index in [0.717, 1.165) is 25.1 Å². The van der Waals surface area contributed by atoms with E-state index >= 15 is 0 Å². The number of likely N-dealkylation sites (tertiary alicyclic amines) is 1. The van der Waals surface area contributed by atoms with Crippen molar-refractivity contribution < 1.29 is 4.79 Å². The molecule has 1 aliphatic heterocycles. The van der Waals surface area contributed by atoms with Crippen LogP contribution in [0, 0.1) is 0 Å². The van der Waals surface area contributed by atoms with Crippen LogP contribution in [0.25, 0.3) is 0 Å². The molecule has 1 saturated heterocycles. The Hall–Kier alpha value is -1.35. The Morgan fingerprint density at radius 2 is 1.85 bits per heavy atom. The molecule has 1 fully saturated rings. The average Bonchev–Trinajstić information content (AvgIpc) is 2.97. The number of nitrogens with one attached hydrogen (secondary N) is 1. The van der Waals surface area contributed by atoms with Gasteiger partial charge in [0.25, 0.3) is 5.91 Å². The Morgan fingerprint density at radius 1 is 1.15 bits per heavy atom. The number of amides is 1. The summed E-state index contributed by atoms with van der Waals surface area (Å²) in [5, 5.41) is 2.98. The predicted octanol–water partition coefficient (Wildman–Crippen LogP) is 3.20. The highest BCUT2D eigenvalue weighted by Crippen LogP contribution is 2.13. The van der Waals surface area contributed by atoms with Gasteiger partial charge in [0.05, 0.1) is 0 Å². The molecule has 0 aromatic heterocycles. The Morgan fingerprint density at radius 3 is 2.50 bits per heavy atom. The lowest BCUT2D eigenvalue weighted by molar-refractivity contribution is 0.0953. The number of unbranched alkanes of at least 4 members (excludes halogenated alkanes) is 2. The zero-order valence-electron chi connectivity index (χ0n) is 12.5. The van der Waals surface area contributed by atoms with Gasteiger partial charge in [0, 0.05) is 18.7 Å². The summed E-state index contributed by atoms with van der Waals surface area (Å²) in [7, 11) is 0. The monoisotopic (exact) mass is 274 g/mol. The first kappa shape index (κ1) is 15.0.